The molecular formula is C20H23N. The second kappa shape index (κ2) is 5.31. The van der Waals surface area contributed by atoms with E-state index in [4.69, 9.17) is 0 Å². The zero-order valence-corrected chi connectivity index (χ0v) is 12.7. The van der Waals surface area contributed by atoms with Gasteiger partial charge in [-0.15, -0.1) is 0 Å². The van der Waals surface area contributed by atoms with Crippen molar-refractivity contribution in [2.45, 2.75) is 50.6 Å². The number of fused-ring (bicyclic) bond motifs is 1. The second-order valence-electron chi connectivity index (χ2n) is 6.82. The van der Waals surface area contributed by atoms with Crippen LogP contribution in [-0.4, -0.2) is 12.1 Å². The van der Waals surface area contributed by atoms with Crippen molar-refractivity contribution < 1.29 is 0 Å². The highest BCUT2D eigenvalue weighted by atomic mass is 15.0. The van der Waals surface area contributed by atoms with Crippen molar-refractivity contribution in [1.29, 1.82) is 0 Å². The fraction of sp³-hybridized carbons (Fsp3) is 0.400. The Bertz CT molecular complexity index is 598. The molecule has 0 aliphatic heterocycles. The number of hydrogen-bond donors (Lipinski definition) is 1. The number of aryl methyl sites for hydroxylation is 1. The average molecular weight is 277 g/mol. The molecule has 2 aromatic carbocycles. The summed E-state index contributed by atoms with van der Waals surface area (Å²) in [6.45, 7) is 2.16. The fourth-order valence-corrected chi connectivity index (χ4v) is 3.87. The third-order valence-corrected chi connectivity index (χ3v) is 5.21. The predicted octanol–water partition coefficient (Wildman–Crippen LogP) is 4.00. The van der Waals surface area contributed by atoms with Gasteiger partial charge in [-0.1, -0.05) is 54.1 Å². The van der Waals surface area contributed by atoms with Crippen LogP contribution in [-0.2, 0) is 12.8 Å². The molecule has 0 radical (unpaired) electrons. The quantitative estimate of drug-likeness (QED) is 0.894. The van der Waals surface area contributed by atoms with E-state index in [-0.39, 0.29) is 0 Å². The molecule has 108 valence electrons. The molecule has 2 aliphatic rings. The largest absolute Gasteiger partial charge is 0.311 e. The van der Waals surface area contributed by atoms with E-state index in [1.807, 2.05) is 0 Å². The summed E-state index contributed by atoms with van der Waals surface area (Å²) >= 11 is 0. The first kappa shape index (κ1) is 13.1. The van der Waals surface area contributed by atoms with Gasteiger partial charge in [-0.05, 0) is 55.2 Å². The van der Waals surface area contributed by atoms with Gasteiger partial charge in [0.1, 0.15) is 0 Å². The van der Waals surface area contributed by atoms with Gasteiger partial charge in [-0.3, -0.25) is 0 Å². The van der Waals surface area contributed by atoms with Gasteiger partial charge >= 0.3 is 0 Å². The van der Waals surface area contributed by atoms with Gasteiger partial charge in [0.2, 0.25) is 0 Å². The van der Waals surface area contributed by atoms with Crippen molar-refractivity contribution >= 4 is 0 Å². The molecule has 1 N–H and O–H groups in total. The van der Waals surface area contributed by atoms with E-state index in [0.29, 0.717) is 6.04 Å². The van der Waals surface area contributed by atoms with Gasteiger partial charge in [-0.2, -0.15) is 0 Å². The highest BCUT2D eigenvalue weighted by Crippen LogP contribution is 2.37. The van der Waals surface area contributed by atoms with Crippen molar-refractivity contribution in [1.82, 2.24) is 5.32 Å². The first-order valence-corrected chi connectivity index (χ1v) is 8.17. The van der Waals surface area contributed by atoms with Gasteiger partial charge in [0.25, 0.3) is 0 Å². The maximum absolute atomic E-state index is 3.87. The molecule has 0 amide bonds. The SMILES string of the molecule is Cc1ccc(C2CC(NC3Cc4ccccc4C3)C2)cc1. The lowest BCUT2D eigenvalue weighted by Crippen LogP contribution is -2.45. The van der Waals surface area contributed by atoms with Gasteiger partial charge in [0.15, 0.2) is 0 Å². The maximum Gasteiger partial charge on any atom is 0.0151 e. The van der Waals surface area contributed by atoms with Gasteiger partial charge < -0.3 is 5.32 Å². The van der Waals surface area contributed by atoms with E-state index in [0.717, 1.165) is 12.0 Å². The summed E-state index contributed by atoms with van der Waals surface area (Å²) in [5.41, 5.74) is 5.97. The number of rotatable bonds is 3. The lowest BCUT2D eigenvalue weighted by molar-refractivity contribution is 0.266. The third kappa shape index (κ3) is 2.63. The Morgan fingerprint density at radius 1 is 0.810 bits per heavy atom. The van der Waals surface area contributed by atoms with Crippen molar-refractivity contribution in [3.8, 4) is 0 Å². The minimum absolute atomic E-state index is 0.659. The van der Waals surface area contributed by atoms with Crippen LogP contribution in [0, 0.1) is 6.92 Å². The van der Waals surface area contributed by atoms with Crippen LogP contribution in [0.25, 0.3) is 0 Å². The Balaban J connectivity index is 1.31. The van der Waals surface area contributed by atoms with Crippen molar-refractivity contribution in [3.05, 3.63) is 70.8 Å². The van der Waals surface area contributed by atoms with Crippen LogP contribution in [0.5, 0.6) is 0 Å². The topological polar surface area (TPSA) is 12.0 Å². The van der Waals surface area contributed by atoms with Crippen LogP contribution in [0.2, 0.25) is 0 Å². The summed E-state index contributed by atoms with van der Waals surface area (Å²) < 4.78 is 0. The van der Waals surface area contributed by atoms with Gasteiger partial charge in [-0.25, -0.2) is 0 Å². The van der Waals surface area contributed by atoms with Crippen LogP contribution >= 0.6 is 0 Å². The third-order valence-electron chi connectivity index (χ3n) is 5.21. The van der Waals surface area contributed by atoms with E-state index >= 15 is 0 Å². The molecule has 4 rings (SSSR count). The van der Waals surface area contributed by atoms with Crippen LogP contribution in [0.15, 0.2) is 48.5 Å². The van der Waals surface area contributed by atoms with Crippen molar-refractivity contribution in [3.63, 3.8) is 0 Å². The Labute approximate surface area is 127 Å². The van der Waals surface area contributed by atoms with Crippen molar-refractivity contribution in [2.24, 2.45) is 0 Å². The first-order valence-electron chi connectivity index (χ1n) is 8.17. The molecule has 2 aliphatic carbocycles. The summed E-state index contributed by atoms with van der Waals surface area (Å²) in [6, 6.07) is 19.4. The number of nitrogens with one attached hydrogen (secondary N) is 1. The van der Waals surface area contributed by atoms with E-state index in [1.54, 1.807) is 11.1 Å². The first-order chi connectivity index (χ1) is 10.3. The van der Waals surface area contributed by atoms with Crippen LogP contribution in [0.1, 0.15) is 41.0 Å². The molecule has 0 atom stereocenters. The van der Waals surface area contributed by atoms with Gasteiger partial charge in [0, 0.05) is 12.1 Å². The minimum Gasteiger partial charge on any atom is -0.311 e. The molecule has 1 heteroatoms. The summed E-state index contributed by atoms with van der Waals surface area (Å²) in [4.78, 5) is 0. The standard InChI is InChI=1S/C20H23N/c1-14-6-8-15(9-7-14)18-12-20(13-18)21-19-10-16-4-2-3-5-17(16)11-19/h2-9,18-21H,10-13H2,1H3. The lowest BCUT2D eigenvalue weighted by Gasteiger charge is -2.38. The van der Waals surface area contributed by atoms with Crippen molar-refractivity contribution in [2.75, 3.05) is 0 Å². The molecular weight excluding hydrogens is 254 g/mol. The Morgan fingerprint density at radius 2 is 1.43 bits per heavy atom. The Morgan fingerprint density at radius 3 is 2.05 bits per heavy atom. The van der Waals surface area contributed by atoms with Crippen LogP contribution in [0.3, 0.4) is 0 Å². The highest BCUT2D eigenvalue weighted by molar-refractivity contribution is 5.33. The summed E-state index contributed by atoms with van der Waals surface area (Å²) in [5, 5.41) is 3.87. The maximum atomic E-state index is 3.87. The molecule has 0 spiro atoms. The van der Waals surface area contributed by atoms with Crippen LogP contribution < -0.4 is 5.32 Å². The predicted molar refractivity (Wildman–Crippen MR) is 87.7 cm³/mol. The normalized spacial score (nSPS) is 24.6. The minimum atomic E-state index is 0.659. The Hall–Kier alpha value is -1.60. The molecule has 21 heavy (non-hydrogen) atoms. The summed E-state index contributed by atoms with van der Waals surface area (Å²) in [6.07, 6.45) is 5.02. The molecule has 0 saturated heterocycles. The fourth-order valence-electron chi connectivity index (χ4n) is 3.87. The second-order valence-corrected chi connectivity index (χ2v) is 6.82. The summed E-state index contributed by atoms with van der Waals surface area (Å²) in [7, 11) is 0. The molecule has 0 unspecified atom stereocenters. The summed E-state index contributed by atoms with van der Waals surface area (Å²) in [5.74, 6) is 0.770. The van der Waals surface area contributed by atoms with Gasteiger partial charge in [0.05, 0.1) is 0 Å². The zero-order chi connectivity index (χ0) is 14.2. The van der Waals surface area contributed by atoms with E-state index in [2.05, 4.69) is 60.8 Å². The molecule has 0 heterocycles. The van der Waals surface area contributed by atoms with E-state index in [1.165, 1.54) is 36.8 Å². The molecule has 1 saturated carbocycles. The van der Waals surface area contributed by atoms with Crippen LogP contribution in [0.4, 0.5) is 0 Å². The molecule has 1 fully saturated rings. The number of hydrogen-bond acceptors (Lipinski definition) is 1. The average Bonchev–Trinajstić information content (AvgIpc) is 2.86. The molecule has 0 aromatic heterocycles. The van der Waals surface area contributed by atoms with E-state index < -0.39 is 0 Å². The zero-order valence-electron chi connectivity index (χ0n) is 12.7. The highest BCUT2D eigenvalue weighted by Gasteiger charge is 2.33. The smallest absolute Gasteiger partial charge is 0.0151 e. The molecule has 2 aromatic rings. The molecule has 0 bridgehead atoms. The van der Waals surface area contributed by atoms with E-state index in [9.17, 15) is 0 Å². The molecule has 1 nitrogen and oxygen atoms in total. The number of benzene rings is 2. The lowest BCUT2D eigenvalue weighted by atomic mass is 9.75. The Kier molecular flexibility index (Phi) is 3.31. The monoisotopic (exact) mass is 277 g/mol.